The molecule has 6 nitrogen and oxygen atoms in total. The number of hydrogen-bond donors (Lipinski definition) is 1. The molecule has 0 fully saturated rings. The molecule has 0 unspecified atom stereocenters. The number of alkyl halides is 3. The summed E-state index contributed by atoms with van der Waals surface area (Å²) >= 11 is 0. The van der Waals surface area contributed by atoms with Gasteiger partial charge in [-0.2, -0.15) is 23.3 Å². The fourth-order valence-corrected chi connectivity index (χ4v) is 3.43. The quantitative estimate of drug-likeness (QED) is 0.397. The van der Waals surface area contributed by atoms with Crippen LogP contribution < -0.4 is 15.0 Å². The largest absolute Gasteiger partial charge is 0.497 e. The van der Waals surface area contributed by atoms with Gasteiger partial charge in [0, 0.05) is 32.2 Å². The molecule has 178 valence electrons. The molecule has 0 saturated carbocycles. The van der Waals surface area contributed by atoms with Crippen LogP contribution in [0.25, 0.3) is 0 Å². The summed E-state index contributed by atoms with van der Waals surface area (Å²) in [6.07, 6.45) is -2.24. The predicted octanol–water partition coefficient (Wildman–Crippen LogP) is 5.57. The molecule has 0 saturated heterocycles. The maximum atomic E-state index is 14.1. The van der Waals surface area contributed by atoms with Crippen molar-refractivity contribution in [1.82, 2.24) is 14.8 Å². The van der Waals surface area contributed by atoms with Crippen LogP contribution in [0.5, 0.6) is 5.75 Å². The van der Waals surface area contributed by atoms with E-state index in [2.05, 4.69) is 27.2 Å². The summed E-state index contributed by atoms with van der Waals surface area (Å²) < 4.78 is 59.5. The van der Waals surface area contributed by atoms with Gasteiger partial charge >= 0.3 is 6.18 Å². The van der Waals surface area contributed by atoms with Crippen molar-refractivity contribution in [2.24, 2.45) is 7.05 Å². The molecule has 2 aromatic carbocycles. The van der Waals surface area contributed by atoms with Gasteiger partial charge in [0.2, 0.25) is 5.95 Å². The molecule has 0 spiro atoms. The van der Waals surface area contributed by atoms with Gasteiger partial charge in [-0.05, 0) is 55.3 Å². The van der Waals surface area contributed by atoms with Gasteiger partial charge in [0.1, 0.15) is 11.6 Å². The van der Waals surface area contributed by atoms with Crippen LogP contribution in [-0.2, 0) is 19.6 Å². The zero-order chi connectivity index (χ0) is 24.0. The van der Waals surface area contributed by atoms with E-state index in [0.717, 1.165) is 49.5 Å². The third kappa shape index (κ3) is 6.36. The first-order valence-corrected chi connectivity index (χ1v) is 10.6. The maximum Gasteiger partial charge on any atom is 0.416 e. The molecule has 0 amide bonds. The summed E-state index contributed by atoms with van der Waals surface area (Å²) in [6.45, 7) is 3.79. The predicted molar refractivity (Wildman–Crippen MR) is 120 cm³/mol. The molecule has 3 rings (SSSR count). The second-order valence-electron chi connectivity index (χ2n) is 7.58. The highest BCUT2D eigenvalue weighted by molar-refractivity contribution is 5.56. The smallest absolute Gasteiger partial charge is 0.416 e. The van der Waals surface area contributed by atoms with Crippen LogP contribution >= 0.6 is 0 Å². The first kappa shape index (κ1) is 24.3. The van der Waals surface area contributed by atoms with E-state index in [4.69, 9.17) is 4.74 Å². The van der Waals surface area contributed by atoms with E-state index in [1.54, 1.807) is 14.2 Å². The highest BCUT2D eigenvalue weighted by Crippen LogP contribution is 2.32. The third-order valence-corrected chi connectivity index (χ3v) is 5.11. The van der Waals surface area contributed by atoms with Crippen LogP contribution in [0.15, 0.2) is 42.5 Å². The lowest BCUT2D eigenvalue weighted by molar-refractivity contribution is -0.137. The molecule has 0 aliphatic rings. The third-order valence-electron chi connectivity index (χ3n) is 5.11. The summed E-state index contributed by atoms with van der Waals surface area (Å²) in [7, 11) is 3.23. The van der Waals surface area contributed by atoms with Gasteiger partial charge in [0.25, 0.3) is 0 Å². The minimum atomic E-state index is -4.57. The topological polar surface area (TPSA) is 55.2 Å². The molecular weight excluding hydrogens is 438 g/mol. The van der Waals surface area contributed by atoms with E-state index < -0.39 is 17.6 Å². The fraction of sp³-hybridized carbons (Fsp3) is 0.391. The molecule has 33 heavy (non-hydrogen) atoms. The normalized spacial score (nSPS) is 11.5. The van der Waals surface area contributed by atoms with E-state index in [1.807, 2.05) is 24.3 Å². The van der Waals surface area contributed by atoms with Crippen LogP contribution in [0, 0.1) is 5.82 Å². The lowest BCUT2D eigenvalue weighted by Crippen LogP contribution is -2.25. The maximum absolute atomic E-state index is 14.1. The zero-order valence-electron chi connectivity index (χ0n) is 18.8. The van der Waals surface area contributed by atoms with Crippen LogP contribution in [0.4, 0.5) is 34.9 Å². The molecule has 0 atom stereocenters. The molecular formula is C23H27F4N5O. The molecule has 1 N–H and O–H groups in total. The molecule has 1 aromatic heterocycles. The number of rotatable bonds is 10. The van der Waals surface area contributed by atoms with Crippen LogP contribution in [0.3, 0.4) is 0 Å². The van der Waals surface area contributed by atoms with Crippen molar-refractivity contribution in [3.63, 3.8) is 0 Å². The molecule has 0 bridgehead atoms. The number of anilines is 3. The van der Waals surface area contributed by atoms with Gasteiger partial charge in [-0.3, -0.25) is 0 Å². The van der Waals surface area contributed by atoms with Crippen molar-refractivity contribution in [2.45, 2.75) is 32.4 Å². The number of halogens is 4. The number of methoxy groups -OCH3 is 1. The van der Waals surface area contributed by atoms with Crippen molar-refractivity contribution in [3.8, 4) is 5.75 Å². The van der Waals surface area contributed by atoms with Crippen molar-refractivity contribution in [2.75, 3.05) is 30.4 Å². The first-order chi connectivity index (χ1) is 15.7. The van der Waals surface area contributed by atoms with Gasteiger partial charge in [-0.25, -0.2) is 9.07 Å². The minimum Gasteiger partial charge on any atom is -0.497 e. The van der Waals surface area contributed by atoms with Crippen molar-refractivity contribution >= 4 is 17.3 Å². The van der Waals surface area contributed by atoms with Crippen LogP contribution in [-0.4, -0.2) is 35.0 Å². The standard InChI is InChI=1S/C23H27F4N5O/c1-4-13-32(17-8-10-18(33-3)11-9-17)14-5-6-21-29-22(31(2)30-21)28-20-15-16(23(25,26)27)7-12-19(20)24/h7-12,15H,4-6,13-14H2,1-3H3,(H,28,29,30). The van der Waals surface area contributed by atoms with Gasteiger partial charge in [0.05, 0.1) is 18.4 Å². The van der Waals surface area contributed by atoms with E-state index in [0.29, 0.717) is 18.3 Å². The average molecular weight is 465 g/mol. The SMILES string of the molecule is CCCN(CCCc1nc(Nc2cc(C(F)(F)F)ccc2F)n(C)n1)c1ccc(OC)cc1. The minimum absolute atomic E-state index is 0.170. The first-order valence-electron chi connectivity index (χ1n) is 10.6. The zero-order valence-corrected chi connectivity index (χ0v) is 18.8. The highest BCUT2D eigenvalue weighted by Gasteiger charge is 2.31. The summed E-state index contributed by atoms with van der Waals surface area (Å²) in [4.78, 5) is 6.60. The molecule has 0 aliphatic heterocycles. The highest BCUT2D eigenvalue weighted by atomic mass is 19.4. The van der Waals surface area contributed by atoms with Gasteiger partial charge in [-0.15, -0.1) is 0 Å². The van der Waals surface area contributed by atoms with Crippen molar-refractivity contribution in [3.05, 3.63) is 59.7 Å². The Morgan fingerprint density at radius 2 is 1.82 bits per heavy atom. The van der Waals surface area contributed by atoms with Gasteiger partial charge in [0.15, 0.2) is 5.82 Å². The Hall–Kier alpha value is -3.30. The Bertz CT molecular complexity index is 1050. The van der Waals surface area contributed by atoms with Gasteiger partial charge < -0.3 is 15.0 Å². The average Bonchev–Trinajstić information content (AvgIpc) is 3.13. The lowest BCUT2D eigenvalue weighted by Gasteiger charge is -2.24. The molecule has 3 aromatic rings. The number of aryl methyl sites for hydroxylation is 2. The van der Waals surface area contributed by atoms with E-state index in [9.17, 15) is 17.6 Å². The Balaban J connectivity index is 1.64. The fourth-order valence-electron chi connectivity index (χ4n) is 3.43. The number of hydrogen-bond acceptors (Lipinski definition) is 5. The molecule has 10 heteroatoms. The summed E-state index contributed by atoms with van der Waals surface area (Å²) in [5, 5.41) is 6.93. The monoisotopic (exact) mass is 465 g/mol. The lowest BCUT2D eigenvalue weighted by atomic mass is 10.2. The van der Waals surface area contributed by atoms with E-state index in [-0.39, 0.29) is 11.6 Å². The Labute approximate surface area is 190 Å². The number of aromatic nitrogens is 3. The second kappa shape index (κ2) is 10.5. The molecule has 0 radical (unpaired) electrons. The summed E-state index contributed by atoms with van der Waals surface area (Å²) in [5.41, 5.74) is -0.155. The number of benzene rings is 2. The number of nitrogens with zero attached hydrogens (tertiary/aromatic N) is 4. The Morgan fingerprint density at radius 3 is 2.45 bits per heavy atom. The van der Waals surface area contributed by atoms with Crippen LogP contribution in [0.1, 0.15) is 31.2 Å². The summed E-state index contributed by atoms with van der Waals surface area (Å²) in [6, 6.07) is 10.1. The number of nitrogens with one attached hydrogen (secondary N) is 1. The van der Waals surface area contributed by atoms with Crippen LogP contribution in [0.2, 0.25) is 0 Å². The van der Waals surface area contributed by atoms with Crippen molar-refractivity contribution in [1.29, 1.82) is 0 Å². The number of ether oxygens (including phenoxy) is 1. The Morgan fingerprint density at radius 1 is 1.09 bits per heavy atom. The molecule has 0 aliphatic carbocycles. The van der Waals surface area contributed by atoms with E-state index in [1.165, 1.54) is 4.68 Å². The van der Waals surface area contributed by atoms with Crippen molar-refractivity contribution < 1.29 is 22.3 Å². The van der Waals surface area contributed by atoms with E-state index >= 15 is 0 Å². The summed E-state index contributed by atoms with van der Waals surface area (Å²) in [5.74, 6) is 0.690. The van der Waals surface area contributed by atoms with Gasteiger partial charge in [-0.1, -0.05) is 6.92 Å². The Kier molecular flexibility index (Phi) is 7.78. The second-order valence-corrected chi connectivity index (χ2v) is 7.58. The molecule has 1 heterocycles.